The Morgan fingerprint density at radius 2 is 1.81 bits per heavy atom. The maximum Gasteiger partial charge on any atom is 0.317 e. The van der Waals surface area contributed by atoms with Crippen LogP contribution in [-0.4, -0.2) is 48.0 Å². The standard InChI is InChI=1S/C28H30F2N4O2/c1-33(2)27(35)32-26(21-7-8-24(29)25(30)15-21)20-5-3-19(4-6-20)17-34-13-10-28(11-14-34)23-16-31-12-9-22(23)18-36-28/h3-9,12,15-16,26H,10-11,13-14,17-18H2,1-2H3,(H,32,35). The zero-order valence-electron chi connectivity index (χ0n) is 20.5. The first-order valence-electron chi connectivity index (χ1n) is 12.2. The summed E-state index contributed by atoms with van der Waals surface area (Å²) in [4.78, 5) is 20.5. The van der Waals surface area contributed by atoms with Crippen LogP contribution in [0, 0.1) is 11.6 Å². The molecule has 1 aromatic heterocycles. The van der Waals surface area contributed by atoms with Crippen molar-refractivity contribution in [1.29, 1.82) is 0 Å². The molecule has 36 heavy (non-hydrogen) atoms. The minimum Gasteiger partial charge on any atom is -0.365 e. The molecule has 6 nitrogen and oxygen atoms in total. The van der Waals surface area contributed by atoms with Crippen LogP contribution in [0.4, 0.5) is 13.6 Å². The molecule has 1 N–H and O–H groups in total. The number of likely N-dealkylation sites (tertiary alicyclic amines) is 1. The molecule has 3 aromatic rings. The molecule has 1 atom stereocenters. The molecule has 1 fully saturated rings. The molecule has 3 heterocycles. The maximum absolute atomic E-state index is 14.0. The third-order valence-electron chi connectivity index (χ3n) is 7.24. The number of halogens is 2. The number of pyridine rings is 1. The zero-order chi connectivity index (χ0) is 25.3. The highest BCUT2D eigenvalue weighted by Crippen LogP contribution is 2.43. The Balaban J connectivity index is 1.27. The van der Waals surface area contributed by atoms with Gasteiger partial charge in [0.2, 0.25) is 0 Å². The van der Waals surface area contributed by atoms with Gasteiger partial charge < -0.3 is 15.0 Å². The second-order valence-electron chi connectivity index (χ2n) is 9.78. The van der Waals surface area contributed by atoms with E-state index in [0.717, 1.165) is 55.7 Å². The summed E-state index contributed by atoms with van der Waals surface area (Å²) in [6, 6.07) is 12.8. The first-order chi connectivity index (χ1) is 17.3. The number of amides is 2. The van der Waals surface area contributed by atoms with Crippen molar-refractivity contribution in [3.63, 3.8) is 0 Å². The van der Waals surface area contributed by atoms with Crippen molar-refractivity contribution in [2.24, 2.45) is 0 Å². The van der Waals surface area contributed by atoms with Gasteiger partial charge in [0.05, 0.1) is 18.2 Å². The van der Waals surface area contributed by atoms with E-state index in [2.05, 4.69) is 15.2 Å². The summed E-state index contributed by atoms with van der Waals surface area (Å²) in [5, 5.41) is 2.90. The number of ether oxygens (including phenoxy) is 1. The van der Waals surface area contributed by atoms with Gasteiger partial charge in [-0.2, -0.15) is 0 Å². The van der Waals surface area contributed by atoms with Gasteiger partial charge in [-0.3, -0.25) is 9.88 Å². The summed E-state index contributed by atoms with van der Waals surface area (Å²) in [6.07, 6.45) is 5.63. The fourth-order valence-corrected chi connectivity index (χ4v) is 5.12. The number of rotatable bonds is 5. The Morgan fingerprint density at radius 3 is 2.50 bits per heavy atom. The molecular formula is C28H30F2N4O2. The molecule has 0 saturated carbocycles. The fourth-order valence-electron chi connectivity index (χ4n) is 5.12. The Hall–Kier alpha value is -3.36. The highest BCUT2D eigenvalue weighted by molar-refractivity contribution is 5.74. The molecule has 2 aliphatic rings. The summed E-state index contributed by atoms with van der Waals surface area (Å²) < 4.78 is 33.7. The number of aromatic nitrogens is 1. The van der Waals surface area contributed by atoms with E-state index in [4.69, 9.17) is 4.74 Å². The van der Waals surface area contributed by atoms with Crippen LogP contribution in [0.2, 0.25) is 0 Å². The molecule has 0 aliphatic carbocycles. The van der Waals surface area contributed by atoms with Crippen molar-refractivity contribution in [3.8, 4) is 0 Å². The van der Waals surface area contributed by atoms with Crippen molar-refractivity contribution in [1.82, 2.24) is 20.1 Å². The van der Waals surface area contributed by atoms with Gasteiger partial charge in [-0.15, -0.1) is 0 Å². The SMILES string of the molecule is CN(C)C(=O)NC(c1ccc(CN2CCC3(CC2)OCc2ccncc23)cc1)c1ccc(F)c(F)c1. The average molecular weight is 493 g/mol. The molecule has 188 valence electrons. The highest BCUT2D eigenvalue weighted by Gasteiger charge is 2.42. The molecule has 2 aliphatic heterocycles. The fraction of sp³-hybridized carbons (Fsp3) is 0.357. The van der Waals surface area contributed by atoms with E-state index in [9.17, 15) is 13.6 Å². The van der Waals surface area contributed by atoms with Crippen LogP contribution in [0.1, 0.15) is 46.7 Å². The monoisotopic (exact) mass is 492 g/mol. The van der Waals surface area contributed by atoms with Crippen LogP contribution in [0.3, 0.4) is 0 Å². The Kier molecular flexibility index (Phi) is 6.73. The largest absolute Gasteiger partial charge is 0.365 e. The summed E-state index contributed by atoms with van der Waals surface area (Å²) in [5.74, 6) is -1.86. The van der Waals surface area contributed by atoms with Gasteiger partial charge in [-0.05, 0) is 53.3 Å². The number of carbonyl (C=O) groups is 1. The first kappa shape index (κ1) is 24.3. The smallest absolute Gasteiger partial charge is 0.317 e. The molecule has 0 bridgehead atoms. The van der Waals surface area contributed by atoms with Crippen molar-refractivity contribution in [3.05, 3.63) is 100 Å². The lowest BCUT2D eigenvalue weighted by atomic mass is 9.84. The van der Waals surface area contributed by atoms with Gasteiger partial charge in [-0.25, -0.2) is 13.6 Å². The molecule has 2 amide bonds. The minimum absolute atomic E-state index is 0.216. The Bertz CT molecular complexity index is 1240. The van der Waals surface area contributed by atoms with Gasteiger partial charge in [0, 0.05) is 51.7 Å². The third kappa shape index (κ3) is 4.83. The van der Waals surface area contributed by atoms with E-state index >= 15 is 0 Å². The van der Waals surface area contributed by atoms with E-state index in [0.29, 0.717) is 12.2 Å². The molecule has 1 saturated heterocycles. The lowest BCUT2D eigenvalue weighted by molar-refractivity contribution is -0.0800. The van der Waals surface area contributed by atoms with Gasteiger partial charge >= 0.3 is 6.03 Å². The van der Waals surface area contributed by atoms with Gasteiger partial charge in [0.25, 0.3) is 0 Å². The molecule has 1 spiro atoms. The molecule has 5 rings (SSSR count). The number of hydrogen-bond donors (Lipinski definition) is 1. The first-order valence-corrected chi connectivity index (χ1v) is 12.2. The number of nitrogens with one attached hydrogen (secondary N) is 1. The predicted molar refractivity (Wildman–Crippen MR) is 132 cm³/mol. The van der Waals surface area contributed by atoms with Crippen LogP contribution in [0.5, 0.6) is 0 Å². The summed E-state index contributed by atoms with van der Waals surface area (Å²) in [6.45, 7) is 3.30. The average Bonchev–Trinajstić information content (AvgIpc) is 3.24. The summed E-state index contributed by atoms with van der Waals surface area (Å²) >= 11 is 0. The van der Waals surface area contributed by atoms with Crippen LogP contribution in [0.15, 0.2) is 60.9 Å². The van der Waals surface area contributed by atoms with Crippen molar-refractivity contribution < 1.29 is 18.3 Å². The maximum atomic E-state index is 14.0. The van der Waals surface area contributed by atoms with Crippen LogP contribution in [-0.2, 0) is 23.5 Å². The van der Waals surface area contributed by atoms with Gasteiger partial charge in [-0.1, -0.05) is 30.3 Å². The Labute approximate surface area is 209 Å². The van der Waals surface area contributed by atoms with E-state index in [1.807, 2.05) is 42.7 Å². The van der Waals surface area contributed by atoms with Crippen LogP contribution in [0.25, 0.3) is 0 Å². The summed E-state index contributed by atoms with van der Waals surface area (Å²) in [5.41, 5.74) is 4.67. The number of carbonyl (C=O) groups excluding carboxylic acids is 1. The lowest BCUT2D eigenvalue weighted by Crippen LogP contribution is -2.42. The molecule has 1 unspecified atom stereocenters. The van der Waals surface area contributed by atoms with Gasteiger partial charge in [0.15, 0.2) is 11.6 Å². The lowest BCUT2D eigenvalue weighted by Gasteiger charge is -2.39. The second-order valence-corrected chi connectivity index (χ2v) is 9.78. The quantitative estimate of drug-likeness (QED) is 0.559. The number of urea groups is 1. The number of piperidine rings is 1. The highest BCUT2D eigenvalue weighted by atomic mass is 19.2. The molecule has 8 heteroatoms. The molecular weight excluding hydrogens is 462 g/mol. The second kappa shape index (κ2) is 9.95. The third-order valence-corrected chi connectivity index (χ3v) is 7.24. The van der Waals surface area contributed by atoms with Crippen molar-refractivity contribution in [2.75, 3.05) is 27.2 Å². The number of benzene rings is 2. The Morgan fingerprint density at radius 1 is 1.08 bits per heavy atom. The number of hydrogen-bond acceptors (Lipinski definition) is 4. The molecule has 0 radical (unpaired) electrons. The normalized spacial score (nSPS) is 17.6. The molecule has 2 aromatic carbocycles. The zero-order valence-corrected chi connectivity index (χ0v) is 20.5. The topological polar surface area (TPSA) is 57.7 Å². The van der Waals surface area contributed by atoms with E-state index in [1.54, 1.807) is 14.1 Å². The van der Waals surface area contributed by atoms with E-state index in [-0.39, 0.29) is 11.6 Å². The number of fused-ring (bicyclic) bond motifs is 2. The van der Waals surface area contributed by atoms with Gasteiger partial charge in [0.1, 0.15) is 0 Å². The van der Waals surface area contributed by atoms with Crippen LogP contribution < -0.4 is 5.32 Å². The van der Waals surface area contributed by atoms with E-state index < -0.39 is 17.7 Å². The number of nitrogens with zero attached hydrogens (tertiary/aromatic N) is 3. The van der Waals surface area contributed by atoms with Crippen molar-refractivity contribution in [2.45, 2.75) is 37.6 Å². The van der Waals surface area contributed by atoms with E-state index in [1.165, 1.54) is 22.1 Å². The minimum atomic E-state index is -0.944. The summed E-state index contributed by atoms with van der Waals surface area (Å²) in [7, 11) is 3.27. The van der Waals surface area contributed by atoms with Crippen molar-refractivity contribution >= 4 is 6.03 Å². The van der Waals surface area contributed by atoms with Crippen LogP contribution >= 0.6 is 0 Å². The predicted octanol–water partition coefficient (Wildman–Crippen LogP) is 4.74.